The normalized spacial score (nSPS) is 15.1. The van der Waals surface area contributed by atoms with Crippen LogP contribution in [0.15, 0.2) is 83.9 Å². The van der Waals surface area contributed by atoms with E-state index in [9.17, 15) is 4.79 Å². The van der Waals surface area contributed by atoms with Crippen LogP contribution >= 0.6 is 34.2 Å². The molecule has 6 nitrogen and oxygen atoms in total. The van der Waals surface area contributed by atoms with E-state index in [-0.39, 0.29) is 9.96 Å². The molecule has 1 amide bonds. The molecule has 1 unspecified atom stereocenters. The number of aromatic amines is 1. The second-order valence-corrected chi connectivity index (χ2v) is 9.28. The van der Waals surface area contributed by atoms with Gasteiger partial charge in [0, 0.05) is 21.7 Å². The Morgan fingerprint density at radius 1 is 1.03 bits per heavy atom. The van der Waals surface area contributed by atoms with Crippen molar-refractivity contribution in [3.8, 4) is 11.3 Å². The van der Waals surface area contributed by atoms with Gasteiger partial charge in [0.2, 0.25) is 0 Å². The molecule has 5 rings (SSSR count). The van der Waals surface area contributed by atoms with Crippen LogP contribution in [0.3, 0.4) is 0 Å². The first kappa shape index (κ1) is 21.7. The van der Waals surface area contributed by atoms with Crippen molar-refractivity contribution >= 4 is 51.6 Å². The SMILES string of the molecule is Cc1cccc(C2=Nc3c(-c4ccc(Cl)cc4)n[nH]c3C(I)N2NC(=O)c2ccccc2)c1. The molecule has 1 atom stereocenters. The van der Waals surface area contributed by atoms with Gasteiger partial charge in [-0.3, -0.25) is 15.3 Å². The Hall–Kier alpha value is -3.17. The van der Waals surface area contributed by atoms with Crippen LogP contribution in [0, 0.1) is 6.92 Å². The van der Waals surface area contributed by atoms with Gasteiger partial charge in [-0.1, -0.05) is 65.7 Å². The van der Waals surface area contributed by atoms with Crippen LogP contribution in [-0.4, -0.2) is 26.9 Å². The van der Waals surface area contributed by atoms with E-state index in [4.69, 9.17) is 16.6 Å². The van der Waals surface area contributed by atoms with Crippen molar-refractivity contribution in [1.82, 2.24) is 20.6 Å². The fourth-order valence-corrected chi connectivity index (χ4v) is 4.66. The number of amides is 1. The number of H-pyrrole nitrogens is 1. The Morgan fingerprint density at radius 2 is 1.79 bits per heavy atom. The summed E-state index contributed by atoms with van der Waals surface area (Å²) in [5.41, 5.74) is 8.83. The van der Waals surface area contributed by atoms with Gasteiger partial charge >= 0.3 is 0 Å². The van der Waals surface area contributed by atoms with Gasteiger partial charge < -0.3 is 0 Å². The van der Waals surface area contributed by atoms with E-state index < -0.39 is 0 Å². The Labute approximate surface area is 209 Å². The first-order valence-electron chi connectivity index (χ1n) is 10.3. The molecular formula is C25H19ClIN5O. The number of hydrazine groups is 1. The number of aryl methyl sites for hydroxylation is 1. The molecule has 164 valence electrons. The molecule has 0 saturated carbocycles. The number of amidine groups is 1. The summed E-state index contributed by atoms with van der Waals surface area (Å²) in [5, 5.41) is 10.1. The molecule has 0 aliphatic carbocycles. The molecule has 1 aliphatic rings. The highest BCUT2D eigenvalue weighted by molar-refractivity contribution is 14.1. The number of halogens is 2. The summed E-state index contributed by atoms with van der Waals surface area (Å²) < 4.78 is -0.258. The fraction of sp³-hybridized carbons (Fsp3) is 0.0800. The number of hydrogen-bond donors (Lipinski definition) is 2. The van der Waals surface area contributed by atoms with Crippen molar-refractivity contribution < 1.29 is 4.79 Å². The minimum atomic E-state index is -0.258. The highest BCUT2D eigenvalue weighted by Gasteiger charge is 2.34. The molecule has 3 aromatic carbocycles. The first-order valence-corrected chi connectivity index (χ1v) is 11.9. The van der Waals surface area contributed by atoms with E-state index in [1.807, 2.05) is 67.6 Å². The van der Waals surface area contributed by atoms with E-state index in [2.05, 4.69) is 44.3 Å². The van der Waals surface area contributed by atoms with Gasteiger partial charge in [0.1, 0.15) is 15.4 Å². The Kier molecular flexibility index (Phi) is 5.90. The predicted molar refractivity (Wildman–Crippen MR) is 139 cm³/mol. The molecule has 0 spiro atoms. The van der Waals surface area contributed by atoms with Gasteiger partial charge in [0.25, 0.3) is 5.91 Å². The number of aromatic nitrogens is 2. The summed E-state index contributed by atoms with van der Waals surface area (Å²) in [6, 6.07) is 24.7. The van der Waals surface area contributed by atoms with Crippen LogP contribution in [0.1, 0.15) is 31.2 Å². The zero-order valence-corrected chi connectivity index (χ0v) is 20.5. The van der Waals surface area contributed by atoms with Gasteiger partial charge in [-0.2, -0.15) is 5.10 Å². The maximum Gasteiger partial charge on any atom is 0.269 e. The molecule has 1 aliphatic heterocycles. The number of nitrogens with one attached hydrogen (secondary N) is 2. The van der Waals surface area contributed by atoms with Crippen LogP contribution < -0.4 is 5.43 Å². The van der Waals surface area contributed by atoms with E-state index in [1.54, 1.807) is 17.1 Å². The smallest absolute Gasteiger partial charge is 0.269 e. The second-order valence-electron chi connectivity index (χ2n) is 7.66. The lowest BCUT2D eigenvalue weighted by atomic mass is 10.1. The third-order valence-electron chi connectivity index (χ3n) is 5.33. The molecule has 0 fully saturated rings. The minimum absolute atomic E-state index is 0.210. The summed E-state index contributed by atoms with van der Waals surface area (Å²) in [7, 11) is 0. The summed E-state index contributed by atoms with van der Waals surface area (Å²) in [6.07, 6.45) is 0. The van der Waals surface area contributed by atoms with Crippen LogP contribution in [0.2, 0.25) is 5.02 Å². The molecular weight excluding hydrogens is 549 g/mol. The zero-order chi connectivity index (χ0) is 22.9. The molecule has 8 heteroatoms. The molecule has 2 N–H and O–H groups in total. The summed E-state index contributed by atoms with van der Waals surface area (Å²) in [5.74, 6) is 0.435. The van der Waals surface area contributed by atoms with Crippen molar-refractivity contribution in [3.05, 3.63) is 106 Å². The number of aliphatic imine (C=N–C) groups is 1. The Balaban J connectivity index is 1.61. The second kappa shape index (κ2) is 8.99. The topological polar surface area (TPSA) is 73.4 Å². The first-order chi connectivity index (χ1) is 16.0. The number of benzene rings is 3. The van der Waals surface area contributed by atoms with Gasteiger partial charge in [-0.05, 0) is 59.8 Å². The zero-order valence-electron chi connectivity index (χ0n) is 17.6. The molecule has 2 heterocycles. The lowest BCUT2D eigenvalue weighted by Crippen LogP contribution is -2.48. The van der Waals surface area contributed by atoms with Gasteiger partial charge in [0.05, 0.1) is 5.69 Å². The van der Waals surface area contributed by atoms with Crippen LogP contribution in [0.4, 0.5) is 5.69 Å². The third-order valence-corrected chi connectivity index (χ3v) is 6.76. The summed E-state index contributed by atoms with van der Waals surface area (Å²) in [6.45, 7) is 2.03. The van der Waals surface area contributed by atoms with Gasteiger partial charge in [-0.25, -0.2) is 10.0 Å². The largest absolute Gasteiger partial charge is 0.277 e. The van der Waals surface area contributed by atoms with Crippen molar-refractivity contribution in [1.29, 1.82) is 0 Å². The highest BCUT2D eigenvalue weighted by atomic mass is 127. The number of carbonyl (C=O) groups is 1. The molecule has 4 aromatic rings. The molecule has 0 bridgehead atoms. The van der Waals surface area contributed by atoms with Crippen molar-refractivity contribution in [3.63, 3.8) is 0 Å². The van der Waals surface area contributed by atoms with E-state index >= 15 is 0 Å². The van der Waals surface area contributed by atoms with E-state index in [1.165, 1.54) is 0 Å². The van der Waals surface area contributed by atoms with Gasteiger partial charge in [-0.15, -0.1) is 0 Å². The van der Waals surface area contributed by atoms with Crippen LogP contribution in [0.5, 0.6) is 0 Å². The lowest BCUT2D eigenvalue weighted by Gasteiger charge is -2.33. The maximum atomic E-state index is 13.0. The van der Waals surface area contributed by atoms with Crippen molar-refractivity contribution in [2.24, 2.45) is 4.99 Å². The predicted octanol–water partition coefficient (Wildman–Crippen LogP) is 6.21. The minimum Gasteiger partial charge on any atom is -0.277 e. The van der Waals surface area contributed by atoms with Crippen LogP contribution in [0.25, 0.3) is 11.3 Å². The van der Waals surface area contributed by atoms with Gasteiger partial charge in [0.15, 0.2) is 5.84 Å². The monoisotopic (exact) mass is 567 g/mol. The standard InChI is InChI=1S/C25H19ClIN5O/c1-15-6-5-9-18(14-15)24-28-21-20(16-10-12-19(26)13-11-16)29-30-22(21)23(27)32(24)31-25(33)17-7-3-2-4-8-17/h2-14,23H,1H3,(H,29,30)(H,31,33). The van der Waals surface area contributed by atoms with E-state index in [0.717, 1.165) is 33.8 Å². The number of carbonyl (C=O) groups excluding carboxylic acids is 1. The number of alkyl halides is 1. The average molecular weight is 568 g/mol. The molecule has 0 radical (unpaired) electrons. The quantitative estimate of drug-likeness (QED) is 0.175. The Morgan fingerprint density at radius 3 is 2.52 bits per heavy atom. The average Bonchev–Trinajstić information content (AvgIpc) is 3.26. The summed E-state index contributed by atoms with van der Waals surface area (Å²) >= 11 is 8.36. The fourth-order valence-electron chi connectivity index (χ4n) is 3.69. The van der Waals surface area contributed by atoms with E-state index in [0.29, 0.717) is 16.4 Å². The highest BCUT2D eigenvalue weighted by Crippen LogP contribution is 2.43. The molecule has 0 saturated heterocycles. The molecule has 1 aromatic heterocycles. The number of rotatable bonds is 4. The van der Waals surface area contributed by atoms with Crippen LogP contribution in [-0.2, 0) is 0 Å². The number of hydrogen-bond acceptors (Lipinski definition) is 4. The molecule has 33 heavy (non-hydrogen) atoms. The third kappa shape index (κ3) is 4.26. The lowest BCUT2D eigenvalue weighted by molar-refractivity contribution is 0.0864. The maximum absolute atomic E-state index is 13.0. The number of fused-ring (bicyclic) bond motifs is 1. The number of nitrogens with zero attached hydrogens (tertiary/aromatic N) is 3. The van der Waals surface area contributed by atoms with Crippen molar-refractivity contribution in [2.75, 3.05) is 0 Å². The van der Waals surface area contributed by atoms with Crippen molar-refractivity contribution in [2.45, 2.75) is 11.0 Å². The summed E-state index contributed by atoms with van der Waals surface area (Å²) in [4.78, 5) is 18.0. The Bertz CT molecular complexity index is 1350.